The molecule has 1 aromatic heterocycles. The second-order valence-electron chi connectivity index (χ2n) is 3.80. The van der Waals surface area contributed by atoms with E-state index in [0.717, 1.165) is 11.4 Å². The number of rotatable bonds is 4. The molecule has 78 valence electrons. The molecule has 0 saturated carbocycles. The highest BCUT2D eigenvalue weighted by molar-refractivity contribution is 5.81. The summed E-state index contributed by atoms with van der Waals surface area (Å²) >= 11 is 0. The summed E-state index contributed by atoms with van der Waals surface area (Å²) in [6, 6.07) is 1.87. The van der Waals surface area contributed by atoms with E-state index in [0.29, 0.717) is 12.8 Å². The average Bonchev–Trinajstić information content (AvgIpc) is 2.28. The molecule has 0 aliphatic rings. The smallest absolute Gasteiger partial charge is 0.140 e. The highest BCUT2D eigenvalue weighted by Gasteiger charge is 2.09. The van der Waals surface area contributed by atoms with E-state index in [4.69, 9.17) is 5.73 Å². The van der Waals surface area contributed by atoms with Crippen molar-refractivity contribution in [2.24, 2.45) is 12.8 Å². The quantitative estimate of drug-likeness (QED) is 0.764. The molecule has 1 rings (SSSR count). The number of aryl methyl sites for hydroxylation is 2. The van der Waals surface area contributed by atoms with Gasteiger partial charge >= 0.3 is 0 Å². The van der Waals surface area contributed by atoms with E-state index in [9.17, 15) is 4.79 Å². The van der Waals surface area contributed by atoms with Gasteiger partial charge in [0.1, 0.15) is 5.78 Å². The third kappa shape index (κ3) is 2.96. The van der Waals surface area contributed by atoms with Crippen LogP contribution in [0.1, 0.15) is 24.7 Å². The van der Waals surface area contributed by atoms with Crippen molar-refractivity contribution in [2.75, 3.05) is 0 Å². The van der Waals surface area contributed by atoms with Gasteiger partial charge in [-0.3, -0.25) is 9.48 Å². The minimum atomic E-state index is -0.0585. The Labute approximate surface area is 84.1 Å². The number of hydrogen-bond acceptors (Lipinski definition) is 3. The van der Waals surface area contributed by atoms with Crippen molar-refractivity contribution in [3.8, 4) is 0 Å². The zero-order valence-electron chi connectivity index (χ0n) is 8.95. The average molecular weight is 195 g/mol. The molecule has 0 aromatic carbocycles. The number of carbonyl (C=O) groups excluding carboxylic acids is 1. The van der Waals surface area contributed by atoms with Gasteiger partial charge < -0.3 is 5.73 Å². The van der Waals surface area contributed by atoms with E-state index in [-0.39, 0.29) is 11.8 Å². The Morgan fingerprint density at radius 3 is 2.79 bits per heavy atom. The Kier molecular flexibility index (Phi) is 3.41. The second kappa shape index (κ2) is 4.37. The van der Waals surface area contributed by atoms with Gasteiger partial charge in [0.25, 0.3) is 0 Å². The van der Waals surface area contributed by atoms with Crippen molar-refractivity contribution in [3.05, 3.63) is 17.5 Å². The van der Waals surface area contributed by atoms with Gasteiger partial charge in [-0.15, -0.1) is 0 Å². The van der Waals surface area contributed by atoms with Crippen LogP contribution in [0, 0.1) is 6.92 Å². The molecule has 0 spiro atoms. The lowest BCUT2D eigenvalue weighted by Gasteiger charge is -2.03. The maximum absolute atomic E-state index is 11.5. The zero-order valence-corrected chi connectivity index (χ0v) is 8.95. The van der Waals surface area contributed by atoms with Crippen molar-refractivity contribution in [3.63, 3.8) is 0 Å². The van der Waals surface area contributed by atoms with E-state index < -0.39 is 0 Å². The van der Waals surface area contributed by atoms with Gasteiger partial charge in [0.05, 0.1) is 5.69 Å². The molecule has 0 aliphatic heterocycles. The van der Waals surface area contributed by atoms with Crippen LogP contribution in [-0.4, -0.2) is 21.6 Å². The maximum atomic E-state index is 11.5. The molecule has 4 heteroatoms. The second-order valence-corrected chi connectivity index (χ2v) is 3.80. The van der Waals surface area contributed by atoms with E-state index in [2.05, 4.69) is 5.10 Å². The molecule has 1 atom stereocenters. The molecule has 0 amide bonds. The van der Waals surface area contributed by atoms with E-state index >= 15 is 0 Å². The van der Waals surface area contributed by atoms with Crippen LogP contribution >= 0.6 is 0 Å². The van der Waals surface area contributed by atoms with Crippen LogP contribution in [0.3, 0.4) is 0 Å². The maximum Gasteiger partial charge on any atom is 0.140 e. The van der Waals surface area contributed by atoms with Gasteiger partial charge in [-0.2, -0.15) is 5.10 Å². The normalized spacial score (nSPS) is 12.9. The van der Waals surface area contributed by atoms with Gasteiger partial charge in [0.2, 0.25) is 0 Å². The zero-order chi connectivity index (χ0) is 10.7. The van der Waals surface area contributed by atoms with Crippen molar-refractivity contribution >= 4 is 5.78 Å². The Bertz CT molecular complexity index is 328. The van der Waals surface area contributed by atoms with Crippen LogP contribution in [0.25, 0.3) is 0 Å². The molecule has 0 radical (unpaired) electrons. The van der Waals surface area contributed by atoms with Crippen molar-refractivity contribution in [1.29, 1.82) is 0 Å². The Hall–Kier alpha value is -1.16. The SMILES string of the molecule is Cc1cc(CC(=O)CC(C)N)n(C)n1. The molecule has 2 N–H and O–H groups in total. The van der Waals surface area contributed by atoms with Crippen molar-refractivity contribution in [1.82, 2.24) is 9.78 Å². The number of nitrogens with zero attached hydrogens (tertiary/aromatic N) is 2. The van der Waals surface area contributed by atoms with E-state index in [1.807, 2.05) is 27.0 Å². The number of carbonyl (C=O) groups is 1. The first-order chi connectivity index (χ1) is 6.49. The topological polar surface area (TPSA) is 60.9 Å². The molecule has 1 unspecified atom stereocenters. The monoisotopic (exact) mass is 195 g/mol. The van der Waals surface area contributed by atoms with Crippen molar-refractivity contribution in [2.45, 2.75) is 32.7 Å². The lowest BCUT2D eigenvalue weighted by Crippen LogP contribution is -2.21. The number of aromatic nitrogens is 2. The largest absolute Gasteiger partial charge is 0.328 e. The first-order valence-electron chi connectivity index (χ1n) is 4.76. The molecule has 0 bridgehead atoms. The Morgan fingerprint density at radius 1 is 1.71 bits per heavy atom. The van der Waals surface area contributed by atoms with Crippen molar-refractivity contribution < 1.29 is 4.79 Å². The van der Waals surface area contributed by atoms with Crippen LogP contribution < -0.4 is 5.73 Å². The summed E-state index contributed by atoms with van der Waals surface area (Å²) in [6.45, 7) is 3.76. The third-order valence-corrected chi connectivity index (χ3v) is 2.03. The third-order valence-electron chi connectivity index (χ3n) is 2.03. The first-order valence-corrected chi connectivity index (χ1v) is 4.76. The highest BCUT2D eigenvalue weighted by Crippen LogP contribution is 2.04. The van der Waals surface area contributed by atoms with E-state index in [1.54, 1.807) is 4.68 Å². The summed E-state index contributed by atoms with van der Waals surface area (Å²) in [6.07, 6.45) is 0.864. The number of hydrogen-bond donors (Lipinski definition) is 1. The summed E-state index contributed by atoms with van der Waals surface area (Å²) in [5.41, 5.74) is 7.44. The number of Topliss-reactive ketones (excluding diaryl/α,β-unsaturated/α-hetero) is 1. The summed E-state index contributed by atoms with van der Waals surface area (Å²) in [4.78, 5) is 11.5. The fourth-order valence-electron chi connectivity index (χ4n) is 1.46. The Morgan fingerprint density at radius 2 is 2.36 bits per heavy atom. The van der Waals surface area contributed by atoms with E-state index in [1.165, 1.54) is 0 Å². The van der Waals surface area contributed by atoms with Gasteiger partial charge in [0, 0.05) is 31.6 Å². The van der Waals surface area contributed by atoms with Crippen LogP contribution in [0.4, 0.5) is 0 Å². The number of nitrogens with two attached hydrogens (primary N) is 1. The predicted molar refractivity (Wildman–Crippen MR) is 54.9 cm³/mol. The van der Waals surface area contributed by atoms with Crippen LogP contribution in [0.5, 0.6) is 0 Å². The molecule has 1 aromatic rings. The highest BCUT2D eigenvalue weighted by atomic mass is 16.1. The molecular formula is C10H17N3O. The molecule has 0 fully saturated rings. The molecule has 0 aliphatic carbocycles. The molecular weight excluding hydrogens is 178 g/mol. The summed E-state index contributed by atoms with van der Waals surface area (Å²) < 4.78 is 1.74. The fraction of sp³-hybridized carbons (Fsp3) is 0.600. The first kappa shape index (κ1) is 10.9. The lowest BCUT2D eigenvalue weighted by atomic mass is 10.1. The standard InChI is InChI=1S/C10H17N3O/c1-7(11)4-10(14)6-9-5-8(2)12-13(9)3/h5,7H,4,6,11H2,1-3H3. The van der Waals surface area contributed by atoms with Gasteiger partial charge in [0.15, 0.2) is 0 Å². The minimum Gasteiger partial charge on any atom is -0.328 e. The minimum absolute atomic E-state index is 0.0585. The Balaban J connectivity index is 2.60. The number of ketones is 1. The van der Waals surface area contributed by atoms with Crippen LogP contribution in [0.2, 0.25) is 0 Å². The van der Waals surface area contributed by atoms with Crippen LogP contribution in [0.15, 0.2) is 6.07 Å². The van der Waals surface area contributed by atoms with Gasteiger partial charge in [-0.1, -0.05) is 0 Å². The molecule has 4 nitrogen and oxygen atoms in total. The van der Waals surface area contributed by atoms with Gasteiger partial charge in [-0.05, 0) is 19.9 Å². The molecule has 0 saturated heterocycles. The van der Waals surface area contributed by atoms with Crippen LogP contribution in [-0.2, 0) is 18.3 Å². The fourth-order valence-corrected chi connectivity index (χ4v) is 1.46. The summed E-state index contributed by atoms with van der Waals surface area (Å²) in [7, 11) is 1.85. The lowest BCUT2D eigenvalue weighted by molar-refractivity contribution is -0.118. The van der Waals surface area contributed by atoms with Gasteiger partial charge in [-0.25, -0.2) is 0 Å². The molecule has 1 heterocycles. The predicted octanol–water partition coefficient (Wildman–Crippen LogP) is 0.577. The summed E-state index contributed by atoms with van der Waals surface area (Å²) in [5, 5.41) is 4.18. The molecule has 14 heavy (non-hydrogen) atoms. The summed E-state index contributed by atoms with van der Waals surface area (Å²) in [5.74, 6) is 0.169.